The maximum Gasteiger partial charge on any atom is 0.407 e. The minimum atomic E-state index is -0.850. The molecule has 0 aliphatic heterocycles. The van der Waals surface area contributed by atoms with Gasteiger partial charge >= 0.3 is 6.09 Å². The molecule has 1 unspecified atom stereocenters. The van der Waals surface area contributed by atoms with Crippen molar-refractivity contribution in [2.45, 2.75) is 44.6 Å². The van der Waals surface area contributed by atoms with Gasteiger partial charge in [-0.05, 0) is 31.2 Å². The van der Waals surface area contributed by atoms with E-state index in [1.54, 1.807) is 14.2 Å². The Bertz CT molecular complexity index is 469. The van der Waals surface area contributed by atoms with Gasteiger partial charge in [0, 0.05) is 14.2 Å². The van der Waals surface area contributed by atoms with Crippen LogP contribution in [0.1, 0.15) is 31.7 Å². The van der Waals surface area contributed by atoms with Crippen LogP contribution in [-0.2, 0) is 20.8 Å². The van der Waals surface area contributed by atoms with E-state index in [-0.39, 0.29) is 12.6 Å². The van der Waals surface area contributed by atoms with E-state index >= 15 is 0 Å². The first-order chi connectivity index (χ1) is 10.6. The molecule has 1 aromatic carbocycles. The van der Waals surface area contributed by atoms with Crippen molar-refractivity contribution in [1.82, 2.24) is 5.32 Å². The minimum Gasteiger partial charge on any atom is -0.445 e. The van der Waals surface area contributed by atoms with E-state index in [2.05, 4.69) is 5.32 Å². The summed E-state index contributed by atoms with van der Waals surface area (Å²) in [5, 5.41) is 2.92. The van der Waals surface area contributed by atoms with Gasteiger partial charge in [0.1, 0.15) is 6.61 Å². The van der Waals surface area contributed by atoms with E-state index < -0.39 is 11.9 Å². The number of ether oxygens (including phenoxy) is 3. The van der Waals surface area contributed by atoms with Crippen molar-refractivity contribution in [3.63, 3.8) is 0 Å². The summed E-state index contributed by atoms with van der Waals surface area (Å²) in [6.45, 7) is 2.09. The third kappa shape index (κ3) is 3.99. The molecule has 1 N–H and O–H groups in total. The van der Waals surface area contributed by atoms with Gasteiger partial charge in [-0.25, -0.2) is 4.79 Å². The van der Waals surface area contributed by atoms with Crippen LogP contribution >= 0.6 is 0 Å². The third-order valence-electron chi connectivity index (χ3n) is 4.48. The van der Waals surface area contributed by atoms with E-state index in [1.807, 2.05) is 37.3 Å². The van der Waals surface area contributed by atoms with Crippen LogP contribution in [0.3, 0.4) is 0 Å². The molecule has 1 atom stereocenters. The summed E-state index contributed by atoms with van der Waals surface area (Å²) in [4.78, 5) is 12.1. The van der Waals surface area contributed by atoms with Gasteiger partial charge in [0.15, 0.2) is 5.79 Å². The Hall–Kier alpha value is -1.59. The fraction of sp³-hybridized carbons (Fsp3) is 0.588. The van der Waals surface area contributed by atoms with Crippen LogP contribution in [0.2, 0.25) is 0 Å². The molecule has 2 rings (SSSR count). The van der Waals surface area contributed by atoms with E-state index in [4.69, 9.17) is 14.2 Å². The fourth-order valence-electron chi connectivity index (χ4n) is 2.68. The minimum absolute atomic E-state index is 0.223. The normalized spacial score (nSPS) is 16.7. The molecule has 1 aromatic rings. The maximum atomic E-state index is 12.1. The van der Waals surface area contributed by atoms with Crippen LogP contribution in [0.15, 0.2) is 30.3 Å². The van der Waals surface area contributed by atoms with Gasteiger partial charge in [-0.15, -0.1) is 0 Å². The molecule has 1 fully saturated rings. The summed E-state index contributed by atoms with van der Waals surface area (Å²) < 4.78 is 16.3. The molecule has 5 heteroatoms. The zero-order chi connectivity index (χ0) is 16.0. The third-order valence-corrected chi connectivity index (χ3v) is 4.48. The molecule has 1 aliphatic rings. The molecule has 0 heterocycles. The predicted octanol–water partition coefficient (Wildman–Crippen LogP) is 3.09. The Balaban J connectivity index is 1.93. The number of carbonyl (C=O) groups is 1. The molecule has 22 heavy (non-hydrogen) atoms. The van der Waals surface area contributed by atoms with E-state index in [0.29, 0.717) is 5.92 Å². The predicted molar refractivity (Wildman–Crippen MR) is 83.3 cm³/mol. The molecular weight excluding hydrogens is 282 g/mol. The van der Waals surface area contributed by atoms with Crippen LogP contribution in [0.25, 0.3) is 0 Å². The Morgan fingerprint density at radius 1 is 1.27 bits per heavy atom. The van der Waals surface area contributed by atoms with Crippen LogP contribution in [0.4, 0.5) is 4.79 Å². The fourth-order valence-corrected chi connectivity index (χ4v) is 2.68. The monoisotopic (exact) mass is 307 g/mol. The molecule has 1 aliphatic carbocycles. The lowest BCUT2D eigenvalue weighted by Gasteiger charge is -2.43. The van der Waals surface area contributed by atoms with E-state index in [1.165, 1.54) is 6.42 Å². The molecule has 1 amide bonds. The SMILES string of the molecule is COC(C)(OC)C(NC(=O)OCc1ccccc1)C1CCC1. The summed E-state index contributed by atoms with van der Waals surface area (Å²) in [7, 11) is 3.18. The van der Waals surface area contributed by atoms with Crippen LogP contribution in [0.5, 0.6) is 0 Å². The average Bonchev–Trinajstić information content (AvgIpc) is 2.51. The van der Waals surface area contributed by atoms with Gasteiger partial charge < -0.3 is 19.5 Å². The van der Waals surface area contributed by atoms with Crippen molar-refractivity contribution in [2.75, 3.05) is 14.2 Å². The standard InChI is InChI=1S/C17H25NO4/c1-17(20-2,21-3)15(14-10-7-11-14)18-16(19)22-12-13-8-5-4-6-9-13/h4-6,8-9,14-15H,7,10-12H2,1-3H3,(H,18,19). The molecular formula is C17H25NO4. The second kappa shape index (κ2) is 7.61. The average molecular weight is 307 g/mol. The molecule has 0 aromatic heterocycles. The number of hydrogen-bond donors (Lipinski definition) is 1. The number of hydrogen-bond acceptors (Lipinski definition) is 4. The number of nitrogens with one attached hydrogen (secondary N) is 1. The van der Waals surface area contributed by atoms with Gasteiger partial charge in [0.25, 0.3) is 0 Å². The number of amides is 1. The van der Waals surface area contributed by atoms with Gasteiger partial charge in [-0.3, -0.25) is 0 Å². The van der Waals surface area contributed by atoms with Gasteiger partial charge in [-0.1, -0.05) is 36.8 Å². The number of methoxy groups -OCH3 is 2. The van der Waals surface area contributed by atoms with E-state index in [0.717, 1.165) is 18.4 Å². The lowest BCUT2D eigenvalue weighted by molar-refractivity contribution is -0.223. The van der Waals surface area contributed by atoms with Crippen LogP contribution < -0.4 is 5.32 Å². The van der Waals surface area contributed by atoms with Crippen molar-refractivity contribution in [3.05, 3.63) is 35.9 Å². The zero-order valence-corrected chi connectivity index (χ0v) is 13.5. The summed E-state index contributed by atoms with van der Waals surface area (Å²) in [5.41, 5.74) is 0.957. The van der Waals surface area contributed by atoms with Crippen LogP contribution in [-0.4, -0.2) is 32.1 Å². The molecule has 1 saturated carbocycles. The highest BCUT2D eigenvalue weighted by atomic mass is 16.7. The van der Waals surface area contributed by atoms with Crippen molar-refractivity contribution < 1.29 is 19.0 Å². The smallest absolute Gasteiger partial charge is 0.407 e. The molecule has 0 spiro atoms. The van der Waals surface area contributed by atoms with Crippen LogP contribution in [0, 0.1) is 5.92 Å². The Morgan fingerprint density at radius 3 is 2.41 bits per heavy atom. The number of benzene rings is 1. The summed E-state index contributed by atoms with van der Waals surface area (Å²) in [6.07, 6.45) is 2.85. The highest BCUT2D eigenvalue weighted by Gasteiger charge is 2.43. The second-order valence-corrected chi connectivity index (χ2v) is 5.80. The van der Waals surface area contributed by atoms with Crippen molar-refractivity contribution in [3.8, 4) is 0 Å². The van der Waals surface area contributed by atoms with Crippen molar-refractivity contribution in [1.29, 1.82) is 0 Å². The first-order valence-corrected chi connectivity index (χ1v) is 7.66. The summed E-state index contributed by atoms with van der Waals surface area (Å²) >= 11 is 0. The quantitative estimate of drug-likeness (QED) is 0.787. The first-order valence-electron chi connectivity index (χ1n) is 7.66. The van der Waals surface area contributed by atoms with Gasteiger partial charge in [0.2, 0.25) is 0 Å². The number of rotatable bonds is 7. The van der Waals surface area contributed by atoms with Crippen molar-refractivity contribution >= 4 is 6.09 Å². The Morgan fingerprint density at radius 2 is 1.91 bits per heavy atom. The highest BCUT2D eigenvalue weighted by Crippen LogP contribution is 2.35. The van der Waals surface area contributed by atoms with Gasteiger partial charge in [0.05, 0.1) is 6.04 Å². The molecule has 0 radical (unpaired) electrons. The molecule has 5 nitrogen and oxygen atoms in total. The van der Waals surface area contributed by atoms with Crippen molar-refractivity contribution in [2.24, 2.45) is 5.92 Å². The zero-order valence-electron chi connectivity index (χ0n) is 13.5. The Kier molecular flexibility index (Phi) is 5.80. The highest BCUT2D eigenvalue weighted by molar-refractivity contribution is 5.67. The largest absolute Gasteiger partial charge is 0.445 e. The number of carbonyl (C=O) groups excluding carboxylic acids is 1. The second-order valence-electron chi connectivity index (χ2n) is 5.80. The lowest BCUT2D eigenvalue weighted by Crippen LogP contribution is -2.58. The molecule has 0 saturated heterocycles. The van der Waals surface area contributed by atoms with E-state index in [9.17, 15) is 4.79 Å². The maximum absolute atomic E-state index is 12.1. The molecule has 122 valence electrons. The summed E-state index contributed by atoms with van der Waals surface area (Å²) in [6, 6.07) is 9.38. The topological polar surface area (TPSA) is 56.8 Å². The number of alkyl carbamates (subject to hydrolysis) is 1. The first kappa shape index (κ1) is 16.8. The Labute approximate surface area is 131 Å². The summed E-state index contributed by atoms with van der Waals surface area (Å²) in [5.74, 6) is -0.495. The lowest BCUT2D eigenvalue weighted by atomic mass is 9.77. The van der Waals surface area contributed by atoms with Gasteiger partial charge in [-0.2, -0.15) is 0 Å². The molecule has 0 bridgehead atoms.